The van der Waals surface area contributed by atoms with Gasteiger partial charge in [-0.1, -0.05) is 59.4 Å². The van der Waals surface area contributed by atoms with Crippen LogP contribution in [0.1, 0.15) is 104 Å². The molecule has 0 amide bonds. The zero-order valence-corrected chi connectivity index (χ0v) is 23.3. The first-order chi connectivity index (χ1) is 16.7. The van der Waals surface area contributed by atoms with Crippen molar-refractivity contribution >= 4 is 24.3 Å². The van der Waals surface area contributed by atoms with Gasteiger partial charge >= 0.3 is 11.9 Å². The Bertz CT molecular complexity index is 829. The Hall–Kier alpha value is -1.63. The molecule has 0 heterocycles. The van der Waals surface area contributed by atoms with Crippen LogP contribution in [0.5, 0.6) is 11.5 Å². The van der Waals surface area contributed by atoms with Crippen molar-refractivity contribution in [2.45, 2.75) is 104 Å². The van der Waals surface area contributed by atoms with Crippen molar-refractivity contribution in [2.24, 2.45) is 23.7 Å². The number of hydrogen-bond acceptors (Lipinski definition) is 6. The smallest absolute Gasteiger partial charge is 0.311 e. The zero-order valence-electron chi connectivity index (χ0n) is 22.5. The summed E-state index contributed by atoms with van der Waals surface area (Å²) in [5.41, 5.74) is 0.619. The molecule has 7 heteroatoms. The second-order valence-corrected chi connectivity index (χ2v) is 11.4. The van der Waals surface area contributed by atoms with E-state index < -0.39 is 6.10 Å². The molecular formula is C29H46ClNO5. The third kappa shape index (κ3) is 10.0. The van der Waals surface area contributed by atoms with Gasteiger partial charge in [0.1, 0.15) is 0 Å². The molecule has 2 aliphatic carbocycles. The molecular weight excluding hydrogens is 478 g/mol. The van der Waals surface area contributed by atoms with Crippen molar-refractivity contribution in [3.63, 3.8) is 0 Å². The summed E-state index contributed by atoms with van der Waals surface area (Å²) in [7, 11) is 0. The average Bonchev–Trinajstić information content (AvgIpc) is 2.81. The van der Waals surface area contributed by atoms with Gasteiger partial charge in [0.2, 0.25) is 0 Å². The first-order valence-corrected chi connectivity index (χ1v) is 13.7. The van der Waals surface area contributed by atoms with Crippen LogP contribution in [0.25, 0.3) is 0 Å². The predicted molar refractivity (Wildman–Crippen MR) is 145 cm³/mol. The van der Waals surface area contributed by atoms with Gasteiger partial charge in [-0.15, -0.1) is 12.4 Å². The van der Waals surface area contributed by atoms with Crippen LogP contribution in [-0.2, 0) is 9.59 Å². The summed E-state index contributed by atoms with van der Waals surface area (Å²) in [5, 5.41) is 13.8. The van der Waals surface area contributed by atoms with Gasteiger partial charge in [0.05, 0.1) is 6.10 Å². The lowest BCUT2D eigenvalue weighted by atomic mass is 9.81. The molecule has 204 valence electrons. The minimum absolute atomic E-state index is 0. The fourth-order valence-electron chi connectivity index (χ4n) is 5.23. The van der Waals surface area contributed by atoms with E-state index in [2.05, 4.69) is 19.2 Å². The highest BCUT2D eigenvalue weighted by atomic mass is 35.5. The number of rotatable bonds is 10. The zero-order chi connectivity index (χ0) is 25.4. The largest absolute Gasteiger partial charge is 0.423 e. The number of benzene rings is 1. The van der Waals surface area contributed by atoms with Gasteiger partial charge in [-0.2, -0.15) is 0 Å². The summed E-state index contributed by atoms with van der Waals surface area (Å²) >= 11 is 0. The standard InChI is InChI=1S/C29H45NO5.ClH/c1-19(2)30-18-25(31)24-13-14-26(34-28(32)15-22-9-5-20(3)6-10-22)27(17-24)35-29(33)16-23-11-7-21(4)8-12-23;/h13-14,17,19-23,25,30-31H,5-12,15-16,18H2,1-4H3;1H. The normalized spacial score (nSPS) is 25.1. The molecule has 0 aliphatic heterocycles. The Balaban J connectivity index is 0.00000456. The molecule has 2 N–H and O–H groups in total. The monoisotopic (exact) mass is 523 g/mol. The minimum Gasteiger partial charge on any atom is -0.423 e. The second kappa shape index (κ2) is 14.9. The molecule has 0 aromatic heterocycles. The summed E-state index contributed by atoms with van der Waals surface area (Å²) in [4.78, 5) is 25.5. The number of esters is 2. The highest BCUT2D eigenvalue weighted by molar-refractivity contribution is 5.85. The van der Waals surface area contributed by atoms with Crippen molar-refractivity contribution < 1.29 is 24.2 Å². The van der Waals surface area contributed by atoms with E-state index in [4.69, 9.17) is 9.47 Å². The van der Waals surface area contributed by atoms with Crippen LogP contribution in [-0.4, -0.2) is 29.6 Å². The minimum atomic E-state index is -0.760. The van der Waals surface area contributed by atoms with Gasteiger partial charge in [0, 0.05) is 25.4 Å². The quantitative estimate of drug-likeness (QED) is 0.273. The van der Waals surface area contributed by atoms with E-state index in [1.54, 1.807) is 18.2 Å². The highest BCUT2D eigenvalue weighted by Gasteiger charge is 2.25. The third-order valence-electron chi connectivity index (χ3n) is 7.70. The number of nitrogens with one attached hydrogen (secondary N) is 1. The van der Waals surface area contributed by atoms with Gasteiger partial charge in [-0.25, -0.2) is 0 Å². The van der Waals surface area contributed by atoms with E-state index in [-0.39, 0.29) is 41.9 Å². The Kier molecular flexibility index (Phi) is 12.7. The molecule has 36 heavy (non-hydrogen) atoms. The summed E-state index contributed by atoms with van der Waals surface area (Å²) < 4.78 is 11.4. The van der Waals surface area contributed by atoms with Crippen LogP contribution in [0.3, 0.4) is 0 Å². The summed E-state index contributed by atoms with van der Waals surface area (Å²) in [6.45, 7) is 8.93. The number of halogens is 1. The lowest BCUT2D eigenvalue weighted by molar-refractivity contribution is -0.138. The second-order valence-electron chi connectivity index (χ2n) is 11.4. The van der Waals surface area contributed by atoms with Crippen LogP contribution in [0, 0.1) is 23.7 Å². The number of ether oxygens (including phenoxy) is 2. The van der Waals surface area contributed by atoms with Gasteiger partial charge in [-0.3, -0.25) is 9.59 Å². The lowest BCUT2D eigenvalue weighted by Gasteiger charge is -2.26. The molecule has 2 aliphatic rings. The number of hydrogen-bond donors (Lipinski definition) is 2. The molecule has 2 saturated carbocycles. The molecule has 0 radical (unpaired) electrons. The Labute approximate surface area is 223 Å². The van der Waals surface area contributed by atoms with Crippen molar-refractivity contribution in [1.82, 2.24) is 5.32 Å². The van der Waals surface area contributed by atoms with Crippen LogP contribution in [0.15, 0.2) is 18.2 Å². The van der Waals surface area contributed by atoms with E-state index in [1.165, 1.54) is 0 Å². The van der Waals surface area contributed by atoms with Crippen molar-refractivity contribution in [3.8, 4) is 11.5 Å². The van der Waals surface area contributed by atoms with Gasteiger partial charge in [-0.05, 0) is 67.1 Å². The van der Waals surface area contributed by atoms with Gasteiger partial charge < -0.3 is 19.9 Å². The molecule has 3 rings (SSSR count). The molecule has 6 nitrogen and oxygen atoms in total. The molecule has 0 bridgehead atoms. The van der Waals surface area contributed by atoms with E-state index in [1.807, 2.05) is 13.8 Å². The fraction of sp³-hybridized carbons (Fsp3) is 0.724. The molecule has 1 unspecified atom stereocenters. The number of carbonyl (C=O) groups excluding carboxylic acids is 2. The van der Waals surface area contributed by atoms with E-state index >= 15 is 0 Å². The van der Waals surface area contributed by atoms with Crippen LogP contribution in [0.2, 0.25) is 0 Å². The Morgan fingerprint density at radius 1 is 0.861 bits per heavy atom. The molecule has 2 fully saturated rings. The third-order valence-corrected chi connectivity index (χ3v) is 7.70. The maximum absolute atomic E-state index is 12.8. The predicted octanol–water partition coefficient (Wildman–Crippen LogP) is 6.38. The first kappa shape index (κ1) is 30.6. The average molecular weight is 524 g/mol. The van der Waals surface area contributed by atoms with Gasteiger partial charge in [0.25, 0.3) is 0 Å². The van der Waals surface area contributed by atoms with Crippen LogP contribution >= 0.6 is 12.4 Å². The Morgan fingerprint density at radius 3 is 1.81 bits per heavy atom. The van der Waals surface area contributed by atoms with E-state index in [0.29, 0.717) is 36.8 Å². The lowest BCUT2D eigenvalue weighted by Crippen LogP contribution is -2.28. The van der Waals surface area contributed by atoms with Crippen LogP contribution < -0.4 is 14.8 Å². The van der Waals surface area contributed by atoms with Crippen molar-refractivity contribution in [3.05, 3.63) is 23.8 Å². The number of aliphatic hydroxyl groups is 1. The molecule has 1 aromatic carbocycles. The summed E-state index contributed by atoms with van der Waals surface area (Å²) in [6, 6.07) is 5.25. The van der Waals surface area contributed by atoms with Gasteiger partial charge in [0.15, 0.2) is 11.5 Å². The van der Waals surface area contributed by atoms with Crippen LogP contribution in [0.4, 0.5) is 0 Å². The number of carbonyl (C=O) groups is 2. The highest BCUT2D eigenvalue weighted by Crippen LogP contribution is 2.35. The van der Waals surface area contributed by atoms with Crippen molar-refractivity contribution in [1.29, 1.82) is 0 Å². The maximum Gasteiger partial charge on any atom is 0.311 e. The summed E-state index contributed by atoms with van der Waals surface area (Å²) in [6.07, 6.45) is 8.74. The molecule has 1 aromatic rings. The SMILES string of the molecule is CC1CCC(CC(=O)Oc2ccc(C(O)CNC(C)C)cc2OC(=O)CC2CCC(C)CC2)CC1.Cl. The summed E-state index contributed by atoms with van der Waals surface area (Å²) in [5.74, 6) is 1.99. The first-order valence-electron chi connectivity index (χ1n) is 13.7. The number of aliphatic hydroxyl groups excluding tert-OH is 1. The topological polar surface area (TPSA) is 84.9 Å². The molecule has 0 spiro atoms. The molecule has 1 atom stereocenters. The Morgan fingerprint density at radius 2 is 1.33 bits per heavy atom. The van der Waals surface area contributed by atoms with E-state index in [9.17, 15) is 14.7 Å². The fourth-order valence-corrected chi connectivity index (χ4v) is 5.23. The molecule has 0 saturated heterocycles. The maximum atomic E-state index is 12.8. The van der Waals surface area contributed by atoms with E-state index in [0.717, 1.165) is 63.2 Å². The van der Waals surface area contributed by atoms with Crippen molar-refractivity contribution in [2.75, 3.05) is 6.54 Å².